The average Bonchev–Trinajstić information content (AvgIpc) is 3.06. The van der Waals surface area contributed by atoms with Crippen LogP contribution in [0.3, 0.4) is 0 Å². The molecular formula is C17H21NO4. The topological polar surface area (TPSA) is 48.0 Å². The van der Waals surface area contributed by atoms with E-state index in [9.17, 15) is 4.79 Å². The maximum absolute atomic E-state index is 11.8. The molecule has 2 heterocycles. The molecule has 1 fully saturated rings. The lowest BCUT2D eigenvalue weighted by Gasteiger charge is -2.32. The molecule has 2 atom stereocenters. The van der Waals surface area contributed by atoms with Crippen molar-refractivity contribution < 1.29 is 19.0 Å². The Morgan fingerprint density at radius 1 is 1.45 bits per heavy atom. The Bertz CT molecular complexity index is 547. The Balaban J connectivity index is 1.80. The van der Waals surface area contributed by atoms with Crippen molar-refractivity contribution in [1.29, 1.82) is 0 Å². The highest BCUT2D eigenvalue weighted by molar-refractivity contribution is 5.72. The number of carbonyl (C=O) groups excluding carboxylic acids is 1. The number of hydrogen-bond acceptors (Lipinski definition) is 5. The lowest BCUT2D eigenvalue weighted by Crippen LogP contribution is -2.38. The molecule has 0 radical (unpaired) electrons. The highest BCUT2D eigenvalue weighted by Crippen LogP contribution is 2.31. The van der Waals surface area contributed by atoms with Crippen LogP contribution in [0.2, 0.25) is 0 Å². The van der Waals surface area contributed by atoms with Crippen molar-refractivity contribution >= 4 is 5.97 Å². The van der Waals surface area contributed by atoms with Gasteiger partial charge in [0.1, 0.15) is 18.8 Å². The fourth-order valence-corrected chi connectivity index (χ4v) is 3.23. The number of nitrogens with zero attached hydrogens (tertiary/aromatic N) is 1. The maximum Gasteiger partial charge on any atom is 0.310 e. The summed E-state index contributed by atoms with van der Waals surface area (Å²) in [5, 5.41) is 0. The number of rotatable bonds is 4. The van der Waals surface area contributed by atoms with Gasteiger partial charge in [0.25, 0.3) is 0 Å². The third-order valence-electron chi connectivity index (χ3n) is 4.31. The number of ether oxygens (including phenoxy) is 3. The average molecular weight is 303 g/mol. The van der Waals surface area contributed by atoms with Crippen molar-refractivity contribution in [2.24, 2.45) is 5.92 Å². The molecule has 118 valence electrons. The number of hydrogen-bond donors (Lipinski definition) is 0. The fourth-order valence-electron chi connectivity index (χ4n) is 3.23. The minimum Gasteiger partial charge on any atom is -0.469 e. The summed E-state index contributed by atoms with van der Waals surface area (Å²) in [6, 6.07) is 0.0181. The largest absolute Gasteiger partial charge is 0.469 e. The van der Waals surface area contributed by atoms with E-state index in [-0.39, 0.29) is 17.9 Å². The Morgan fingerprint density at radius 2 is 2.36 bits per heavy atom. The minimum absolute atomic E-state index is 0.0181. The molecular weight excluding hydrogens is 282 g/mol. The van der Waals surface area contributed by atoms with Crippen LogP contribution in [-0.2, 0) is 19.0 Å². The summed E-state index contributed by atoms with van der Waals surface area (Å²) in [5.74, 6) is 0.580. The number of carbonyl (C=O) groups is 1. The zero-order chi connectivity index (χ0) is 15.4. The van der Waals surface area contributed by atoms with Gasteiger partial charge < -0.3 is 14.2 Å². The fraction of sp³-hybridized carbons (Fsp3) is 0.471. The van der Waals surface area contributed by atoms with Crippen molar-refractivity contribution in [3.63, 3.8) is 0 Å². The van der Waals surface area contributed by atoms with E-state index in [1.807, 2.05) is 0 Å². The third kappa shape index (κ3) is 3.09. The first kappa shape index (κ1) is 14.9. The van der Waals surface area contributed by atoms with E-state index in [4.69, 9.17) is 14.2 Å². The predicted molar refractivity (Wildman–Crippen MR) is 81.3 cm³/mol. The summed E-state index contributed by atoms with van der Waals surface area (Å²) in [5.41, 5.74) is 1.29. The molecule has 0 saturated carbocycles. The van der Waals surface area contributed by atoms with Gasteiger partial charge in [-0.25, -0.2) is 0 Å². The Hall–Kier alpha value is -2.01. The number of methoxy groups -OCH3 is 1. The summed E-state index contributed by atoms with van der Waals surface area (Å²) >= 11 is 0. The predicted octanol–water partition coefficient (Wildman–Crippen LogP) is 2.49. The van der Waals surface area contributed by atoms with Gasteiger partial charge in [0.05, 0.1) is 19.1 Å². The van der Waals surface area contributed by atoms with E-state index in [2.05, 4.69) is 23.1 Å². The highest BCUT2D eigenvalue weighted by Gasteiger charge is 2.37. The molecule has 3 aliphatic rings. The zero-order valence-electron chi connectivity index (χ0n) is 12.7. The molecule has 0 aromatic rings. The molecule has 5 nitrogen and oxygen atoms in total. The van der Waals surface area contributed by atoms with Crippen LogP contribution in [0.25, 0.3) is 0 Å². The van der Waals surface area contributed by atoms with E-state index in [1.165, 1.54) is 18.9 Å². The van der Waals surface area contributed by atoms with Gasteiger partial charge in [-0.05, 0) is 24.8 Å². The first-order valence-corrected chi connectivity index (χ1v) is 7.64. The van der Waals surface area contributed by atoms with Gasteiger partial charge in [-0.3, -0.25) is 9.69 Å². The van der Waals surface area contributed by atoms with Gasteiger partial charge in [-0.15, -0.1) is 0 Å². The van der Waals surface area contributed by atoms with E-state index < -0.39 is 0 Å². The lowest BCUT2D eigenvalue weighted by atomic mass is 9.95. The molecule has 0 spiro atoms. The molecule has 3 rings (SSSR count). The SMILES string of the molecule is COC(=O)C1CCN(C(C2=CC=CCC2)C2=COC=CO2)C1. The van der Waals surface area contributed by atoms with Gasteiger partial charge in [-0.2, -0.15) is 0 Å². The first-order chi connectivity index (χ1) is 10.8. The lowest BCUT2D eigenvalue weighted by molar-refractivity contribution is -0.145. The van der Waals surface area contributed by atoms with Crippen molar-refractivity contribution in [3.05, 3.63) is 48.3 Å². The van der Waals surface area contributed by atoms with Gasteiger partial charge in [0.15, 0.2) is 5.76 Å². The van der Waals surface area contributed by atoms with Gasteiger partial charge in [0.2, 0.25) is 0 Å². The van der Waals surface area contributed by atoms with E-state index in [1.54, 1.807) is 12.5 Å². The molecule has 2 unspecified atom stereocenters. The highest BCUT2D eigenvalue weighted by atomic mass is 16.5. The van der Waals surface area contributed by atoms with Crippen molar-refractivity contribution in [2.75, 3.05) is 20.2 Å². The Kier molecular flexibility index (Phi) is 4.63. The normalized spacial score (nSPS) is 25.8. The van der Waals surface area contributed by atoms with E-state index in [0.717, 1.165) is 31.6 Å². The second-order valence-corrected chi connectivity index (χ2v) is 5.66. The van der Waals surface area contributed by atoms with Gasteiger partial charge in [0, 0.05) is 13.1 Å². The van der Waals surface area contributed by atoms with Crippen LogP contribution >= 0.6 is 0 Å². The molecule has 0 amide bonds. The van der Waals surface area contributed by atoms with Crippen LogP contribution < -0.4 is 0 Å². The van der Waals surface area contributed by atoms with Crippen molar-refractivity contribution in [3.8, 4) is 0 Å². The van der Waals surface area contributed by atoms with Crippen molar-refractivity contribution in [1.82, 2.24) is 4.90 Å². The molecule has 0 aromatic carbocycles. The number of likely N-dealkylation sites (tertiary alicyclic amines) is 1. The third-order valence-corrected chi connectivity index (χ3v) is 4.31. The molecule has 0 bridgehead atoms. The van der Waals surface area contributed by atoms with Crippen LogP contribution in [0.15, 0.2) is 48.3 Å². The smallest absolute Gasteiger partial charge is 0.310 e. The molecule has 5 heteroatoms. The van der Waals surface area contributed by atoms with Gasteiger partial charge >= 0.3 is 5.97 Å². The van der Waals surface area contributed by atoms with Gasteiger partial charge in [-0.1, -0.05) is 18.2 Å². The Labute approximate surface area is 130 Å². The summed E-state index contributed by atoms with van der Waals surface area (Å²) in [7, 11) is 1.45. The van der Waals surface area contributed by atoms with Crippen LogP contribution in [0, 0.1) is 5.92 Å². The first-order valence-electron chi connectivity index (χ1n) is 7.64. The summed E-state index contributed by atoms with van der Waals surface area (Å²) in [6.07, 6.45) is 13.9. The van der Waals surface area contributed by atoms with Crippen molar-refractivity contribution in [2.45, 2.75) is 25.3 Å². The van der Waals surface area contributed by atoms with Crippen LogP contribution in [0.1, 0.15) is 19.3 Å². The van der Waals surface area contributed by atoms with E-state index >= 15 is 0 Å². The standard InChI is InChI=1S/C17H21NO4/c1-20-17(19)14-7-8-18(11-14)16(13-5-3-2-4-6-13)15-12-21-9-10-22-15/h2-3,5,9-10,12,14,16H,4,6-8,11H2,1H3. The van der Waals surface area contributed by atoms with Crippen LogP contribution in [-0.4, -0.2) is 37.1 Å². The molecule has 0 aromatic heterocycles. The molecule has 2 aliphatic heterocycles. The minimum atomic E-state index is -0.131. The molecule has 1 saturated heterocycles. The second kappa shape index (κ2) is 6.83. The molecule has 22 heavy (non-hydrogen) atoms. The maximum atomic E-state index is 11.8. The molecule has 0 N–H and O–H groups in total. The summed E-state index contributed by atoms with van der Waals surface area (Å²) < 4.78 is 15.8. The monoisotopic (exact) mass is 303 g/mol. The molecule has 1 aliphatic carbocycles. The second-order valence-electron chi connectivity index (χ2n) is 5.66. The quantitative estimate of drug-likeness (QED) is 0.747. The Morgan fingerprint density at radius 3 is 3.05 bits per heavy atom. The summed E-state index contributed by atoms with van der Waals surface area (Å²) in [4.78, 5) is 14.1. The number of allylic oxidation sites excluding steroid dienone is 3. The van der Waals surface area contributed by atoms with Crippen LogP contribution in [0.4, 0.5) is 0 Å². The van der Waals surface area contributed by atoms with Crippen LogP contribution in [0.5, 0.6) is 0 Å². The summed E-state index contributed by atoms with van der Waals surface area (Å²) in [6.45, 7) is 1.53. The number of esters is 1. The van der Waals surface area contributed by atoms with E-state index in [0.29, 0.717) is 6.54 Å². The zero-order valence-corrected chi connectivity index (χ0v) is 12.7.